The van der Waals surface area contributed by atoms with E-state index in [1.165, 1.54) is 6.07 Å². The van der Waals surface area contributed by atoms with Crippen molar-refractivity contribution in [3.05, 3.63) is 48.3 Å². The highest BCUT2D eigenvalue weighted by molar-refractivity contribution is 5.81. The van der Waals surface area contributed by atoms with Gasteiger partial charge in [-0.05, 0) is 38.1 Å². The second-order valence-electron chi connectivity index (χ2n) is 5.13. The molecule has 1 heterocycles. The molecule has 3 aromatic rings. The molecule has 0 spiro atoms. The fourth-order valence-corrected chi connectivity index (χ4v) is 2.49. The lowest BCUT2D eigenvalue weighted by molar-refractivity contribution is 0.623. The van der Waals surface area contributed by atoms with Gasteiger partial charge in [-0.2, -0.15) is 0 Å². The summed E-state index contributed by atoms with van der Waals surface area (Å²) in [7, 11) is 0. The number of fused-ring (bicyclic) bond motifs is 1. The van der Waals surface area contributed by atoms with Crippen LogP contribution in [0.15, 0.2) is 42.5 Å². The quantitative estimate of drug-likeness (QED) is 0.714. The van der Waals surface area contributed by atoms with E-state index in [-0.39, 0.29) is 11.9 Å². The first-order valence-corrected chi connectivity index (χ1v) is 6.60. The molecule has 102 valence electrons. The molecular weight excluding hydrogens is 253 g/mol. The molecule has 3 nitrogen and oxygen atoms in total. The molecule has 0 fully saturated rings. The van der Waals surface area contributed by atoms with E-state index in [4.69, 9.17) is 5.73 Å². The molecule has 0 bridgehead atoms. The number of nitrogens with two attached hydrogens (primary N) is 1. The van der Waals surface area contributed by atoms with Gasteiger partial charge in [-0.15, -0.1) is 0 Å². The van der Waals surface area contributed by atoms with E-state index >= 15 is 0 Å². The largest absolute Gasteiger partial charge is 0.399 e. The van der Waals surface area contributed by atoms with E-state index in [2.05, 4.69) is 18.8 Å². The number of hydrogen-bond acceptors (Lipinski definition) is 2. The summed E-state index contributed by atoms with van der Waals surface area (Å²) in [6.07, 6.45) is 0. The fourth-order valence-electron chi connectivity index (χ4n) is 2.49. The molecule has 0 aliphatic heterocycles. The maximum Gasteiger partial charge on any atom is 0.151 e. The maximum atomic E-state index is 13.9. The molecule has 4 heteroatoms. The highest BCUT2D eigenvalue weighted by atomic mass is 19.1. The summed E-state index contributed by atoms with van der Waals surface area (Å²) < 4.78 is 16.0. The van der Waals surface area contributed by atoms with Crippen LogP contribution < -0.4 is 5.73 Å². The number of nitrogens with zero attached hydrogens (tertiary/aromatic N) is 2. The summed E-state index contributed by atoms with van der Waals surface area (Å²) in [5.74, 6) is 0.444. The molecule has 0 radical (unpaired) electrons. The third-order valence-corrected chi connectivity index (χ3v) is 3.33. The van der Waals surface area contributed by atoms with E-state index < -0.39 is 0 Å². The zero-order valence-corrected chi connectivity index (χ0v) is 11.5. The lowest BCUT2D eigenvalue weighted by Crippen LogP contribution is -2.03. The first-order chi connectivity index (χ1) is 9.58. The predicted octanol–water partition coefficient (Wildman–Crippen LogP) is 4.01. The highest BCUT2D eigenvalue weighted by Gasteiger charge is 2.17. The molecule has 1 aromatic heterocycles. The number of halogens is 1. The number of anilines is 1. The van der Waals surface area contributed by atoms with Crippen molar-refractivity contribution in [2.24, 2.45) is 0 Å². The van der Waals surface area contributed by atoms with Gasteiger partial charge in [0.2, 0.25) is 0 Å². The van der Waals surface area contributed by atoms with Gasteiger partial charge in [-0.3, -0.25) is 0 Å². The second kappa shape index (κ2) is 4.63. The molecular formula is C16H16FN3. The van der Waals surface area contributed by atoms with Gasteiger partial charge < -0.3 is 10.3 Å². The van der Waals surface area contributed by atoms with Crippen LogP contribution in [0.4, 0.5) is 10.1 Å². The van der Waals surface area contributed by atoms with Crippen molar-refractivity contribution in [2.45, 2.75) is 19.9 Å². The summed E-state index contributed by atoms with van der Waals surface area (Å²) in [6, 6.07) is 12.7. The molecule has 0 amide bonds. The van der Waals surface area contributed by atoms with Crippen molar-refractivity contribution in [2.75, 3.05) is 5.73 Å². The average Bonchev–Trinajstić information content (AvgIpc) is 2.79. The van der Waals surface area contributed by atoms with Crippen LogP contribution in [0.25, 0.3) is 22.4 Å². The number of nitrogen functional groups attached to an aromatic ring is 1. The molecule has 2 aromatic carbocycles. The maximum absolute atomic E-state index is 13.9. The van der Waals surface area contributed by atoms with Crippen LogP contribution >= 0.6 is 0 Å². The Bertz CT molecular complexity index is 774. The third kappa shape index (κ3) is 1.93. The van der Waals surface area contributed by atoms with Crippen molar-refractivity contribution in [1.29, 1.82) is 0 Å². The zero-order chi connectivity index (χ0) is 14.3. The Morgan fingerprint density at radius 2 is 1.90 bits per heavy atom. The van der Waals surface area contributed by atoms with Gasteiger partial charge in [0, 0.05) is 17.3 Å². The molecule has 0 saturated carbocycles. The fraction of sp³-hybridized carbons (Fsp3) is 0.188. The first-order valence-electron chi connectivity index (χ1n) is 6.60. The van der Waals surface area contributed by atoms with Crippen LogP contribution in [0, 0.1) is 5.82 Å². The number of para-hydroxylation sites is 1. The van der Waals surface area contributed by atoms with Crippen molar-refractivity contribution in [1.82, 2.24) is 9.55 Å². The monoisotopic (exact) mass is 269 g/mol. The minimum Gasteiger partial charge on any atom is -0.399 e. The smallest absolute Gasteiger partial charge is 0.151 e. The van der Waals surface area contributed by atoms with Crippen LogP contribution in [0.3, 0.4) is 0 Å². The average molecular weight is 269 g/mol. The van der Waals surface area contributed by atoms with E-state index in [0.717, 1.165) is 16.9 Å². The van der Waals surface area contributed by atoms with Crippen molar-refractivity contribution in [3.8, 4) is 11.4 Å². The Labute approximate surface area is 116 Å². The number of aromatic nitrogens is 2. The Hall–Kier alpha value is -2.36. The Morgan fingerprint density at radius 1 is 1.15 bits per heavy atom. The van der Waals surface area contributed by atoms with Crippen molar-refractivity contribution < 1.29 is 4.39 Å². The van der Waals surface area contributed by atoms with Gasteiger partial charge in [0.1, 0.15) is 11.3 Å². The van der Waals surface area contributed by atoms with E-state index in [1.54, 1.807) is 6.07 Å². The van der Waals surface area contributed by atoms with Crippen LogP contribution in [0.5, 0.6) is 0 Å². The number of hydrogen-bond donors (Lipinski definition) is 1. The topological polar surface area (TPSA) is 43.8 Å². The summed E-state index contributed by atoms with van der Waals surface area (Å²) in [5, 5.41) is 0. The summed E-state index contributed by atoms with van der Waals surface area (Å²) in [5.41, 5.74) is 8.61. The molecule has 0 aliphatic rings. The molecule has 2 N–H and O–H groups in total. The van der Waals surface area contributed by atoms with Crippen LogP contribution in [0.1, 0.15) is 19.9 Å². The van der Waals surface area contributed by atoms with E-state index in [1.807, 2.05) is 34.9 Å². The summed E-state index contributed by atoms with van der Waals surface area (Å²) in [4.78, 5) is 4.48. The lowest BCUT2D eigenvalue weighted by atomic mass is 10.2. The minimum atomic E-state index is -0.299. The minimum absolute atomic E-state index is 0.179. The van der Waals surface area contributed by atoms with Gasteiger partial charge in [0.25, 0.3) is 0 Å². The van der Waals surface area contributed by atoms with Crippen LogP contribution in [-0.4, -0.2) is 9.55 Å². The zero-order valence-electron chi connectivity index (χ0n) is 11.5. The highest BCUT2D eigenvalue weighted by Crippen LogP contribution is 2.30. The van der Waals surface area contributed by atoms with Crippen LogP contribution in [-0.2, 0) is 0 Å². The second-order valence-corrected chi connectivity index (χ2v) is 5.13. The van der Waals surface area contributed by atoms with Gasteiger partial charge >= 0.3 is 0 Å². The van der Waals surface area contributed by atoms with Gasteiger partial charge in [0.05, 0.1) is 5.52 Å². The number of rotatable bonds is 2. The molecule has 0 atom stereocenters. The van der Waals surface area contributed by atoms with E-state index in [0.29, 0.717) is 11.2 Å². The summed E-state index contributed by atoms with van der Waals surface area (Å²) >= 11 is 0. The number of benzene rings is 2. The Kier molecular flexibility index (Phi) is 2.93. The van der Waals surface area contributed by atoms with Gasteiger partial charge in [-0.1, -0.05) is 18.2 Å². The Balaban J connectivity index is 2.35. The van der Waals surface area contributed by atoms with Crippen molar-refractivity contribution in [3.63, 3.8) is 0 Å². The SMILES string of the molecule is CC(C)n1c(-c2cccc(N)c2)nc2c(F)cccc21. The summed E-state index contributed by atoms with van der Waals surface area (Å²) in [6.45, 7) is 4.11. The van der Waals surface area contributed by atoms with Gasteiger partial charge in [0.15, 0.2) is 5.82 Å². The molecule has 0 unspecified atom stereocenters. The normalized spacial score (nSPS) is 11.4. The number of imidazole rings is 1. The lowest BCUT2D eigenvalue weighted by Gasteiger charge is -2.13. The molecule has 0 aliphatic carbocycles. The van der Waals surface area contributed by atoms with Crippen molar-refractivity contribution >= 4 is 16.7 Å². The van der Waals surface area contributed by atoms with Gasteiger partial charge in [-0.25, -0.2) is 9.37 Å². The molecule has 0 saturated heterocycles. The molecule has 3 rings (SSSR count). The standard InChI is InChI=1S/C16H16FN3/c1-10(2)20-14-8-4-7-13(17)15(14)19-16(20)11-5-3-6-12(18)9-11/h3-10H,18H2,1-2H3. The Morgan fingerprint density at radius 3 is 2.60 bits per heavy atom. The molecule has 20 heavy (non-hydrogen) atoms. The third-order valence-electron chi connectivity index (χ3n) is 3.33. The predicted molar refractivity (Wildman–Crippen MR) is 79.9 cm³/mol. The first kappa shape index (κ1) is 12.7. The van der Waals surface area contributed by atoms with Crippen LogP contribution in [0.2, 0.25) is 0 Å². The van der Waals surface area contributed by atoms with E-state index in [9.17, 15) is 4.39 Å².